The molecule has 0 bridgehead atoms. The van der Waals surface area contributed by atoms with Crippen LogP contribution in [0.3, 0.4) is 0 Å². The normalized spacial score (nSPS) is 12.4. The van der Waals surface area contributed by atoms with Crippen molar-refractivity contribution in [1.29, 1.82) is 0 Å². The highest BCUT2D eigenvalue weighted by Crippen LogP contribution is 2.22. The average Bonchev–Trinajstić information content (AvgIpc) is 2.64. The number of H-pyrrole nitrogens is 1. The van der Waals surface area contributed by atoms with E-state index in [1.54, 1.807) is 6.07 Å². The van der Waals surface area contributed by atoms with E-state index >= 15 is 0 Å². The Kier molecular flexibility index (Phi) is 5.72. The molecule has 0 atom stereocenters. The van der Waals surface area contributed by atoms with E-state index in [1.807, 2.05) is 48.5 Å². The van der Waals surface area contributed by atoms with Crippen molar-refractivity contribution in [2.24, 2.45) is 0 Å². The molecule has 28 heavy (non-hydrogen) atoms. The van der Waals surface area contributed by atoms with Crippen LogP contribution in [0.1, 0.15) is 37.5 Å². The maximum Gasteiger partial charge on any atom is 0.252 e. The summed E-state index contributed by atoms with van der Waals surface area (Å²) in [5, 5.41) is 0.871. The Balaban J connectivity index is 1.63. The first-order valence-corrected chi connectivity index (χ1v) is 11.0. The van der Waals surface area contributed by atoms with Crippen LogP contribution in [0.2, 0.25) is 0 Å². The van der Waals surface area contributed by atoms with Gasteiger partial charge in [0.25, 0.3) is 5.56 Å². The molecule has 5 nitrogen and oxygen atoms in total. The minimum absolute atomic E-state index is 0.0205. The van der Waals surface area contributed by atoms with Crippen molar-refractivity contribution < 1.29 is 8.42 Å². The zero-order valence-electron chi connectivity index (χ0n) is 16.5. The summed E-state index contributed by atoms with van der Waals surface area (Å²) in [4.78, 5) is 14.9. The first kappa shape index (κ1) is 20.3. The van der Waals surface area contributed by atoms with E-state index in [4.69, 9.17) is 0 Å². The summed E-state index contributed by atoms with van der Waals surface area (Å²) in [6.07, 6.45) is 0.424. The average molecular weight is 399 g/mol. The molecule has 3 rings (SSSR count). The lowest BCUT2D eigenvalue weighted by atomic mass is 9.86. The van der Waals surface area contributed by atoms with Crippen LogP contribution in [0.15, 0.2) is 59.4 Å². The van der Waals surface area contributed by atoms with E-state index < -0.39 is 10.0 Å². The Labute approximate surface area is 165 Å². The van der Waals surface area contributed by atoms with Crippen LogP contribution in [0, 0.1) is 0 Å². The van der Waals surface area contributed by atoms with Crippen molar-refractivity contribution in [3.63, 3.8) is 0 Å². The zero-order chi connectivity index (χ0) is 20.4. The molecule has 0 aliphatic rings. The van der Waals surface area contributed by atoms with Crippen molar-refractivity contribution in [2.75, 3.05) is 5.75 Å². The van der Waals surface area contributed by atoms with Gasteiger partial charge in [0.05, 0.1) is 5.75 Å². The number of aromatic amines is 1. The van der Waals surface area contributed by atoms with E-state index in [2.05, 4.69) is 30.5 Å². The molecule has 0 spiro atoms. The van der Waals surface area contributed by atoms with Crippen LogP contribution in [-0.4, -0.2) is 19.2 Å². The predicted molar refractivity (Wildman–Crippen MR) is 114 cm³/mol. The quantitative estimate of drug-likeness (QED) is 0.667. The minimum Gasteiger partial charge on any atom is -0.322 e. The van der Waals surface area contributed by atoms with Gasteiger partial charge in [-0.3, -0.25) is 4.79 Å². The third-order valence-corrected chi connectivity index (χ3v) is 6.12. The molecular weight excluding hydrogens is 372 g/mol. The number of aromatic nitrogens is 1. The number of para-hydroxylation sites is 1. The molecule has 0 radical (unpaired) electrons. The molecule has 0 aliphatic heterocycles. The van der Waals surface area contributed by atoms with Gasteiger partial charge in [0.15, 0.2) is 0 Å². The Morgan fingerprint density at radius 2 is 1.68 bits per heavy atom. The summed E-state index contributed by atoms with van der Waals surface area (Å²) >= 11 is 0. The number of benzene rings is 2. The molecule has 2 N–H and O–H groups in total. The maximum atomic E-state index is 12.4. The third kappa shape index (κ3) is 5.09. The number of hydrogen-bond donors (Lipinski definition) is 2. The molecule has 0 unspecified atom stereocenters. The second kappa shape index (κ2) is 7.89. The van der Waals surface area contributed by atoms with E-state index in [9.17, 15) is 13.2 Å². The molecule has 0 saturated heterocycles. The fraction of sp³-hybridized carbons (Fsp3) is 0.318. The topological polar surface area (TPSA) is 79.0 Å². The molecule has 0 saturated carbocycles. The summed E-state index contributed by atoms with van der Waals surface area (Å²) in [5.74, 6) is -0.0205. The standard InChI is InChI=1S/C22H26N2O3S/c1-22(2,3)19-10-8-16(9-11-19)12-13-28(26,27)23-15-18-14-17-6-4-5-7-20(17)24-21(18)25/h4-11,14,23H,12-13,15H2,1-3H3,(H,24,25). The van der Waals surface area contributed by atoms with Gasteiger partial charge in [0.2, 0.25) is 10.0 Å². The number of rotatable bonds is 6. The largest absolute Gasteiger partial charge is 0.322 e. The number of hydrogen-bond acceptors (Lipinski definition) is 3. The molecule has 6 heteroatoms. The van der Waals surface area contributed by atoms with Gasteiger partial charge >= 0.3 is 0 Å². The monoisotopic (exact) mass is 398 g/mol. The zero-order valence-corrected chi connectivity index (χ0v) is 17.3. The van der Waals surface area contributed by atoms with E-state index in [0.717, 1.165) is 16.5 Å². The van der Waals surface area contributed by atoms with Gasteiger partial charge in [-0.1, -0.05) is 63.2 Å². The highest BCUT2D eigenvalue weighted by Gasteiger charge is 2.15. The summed E-state index contributed by atoms with van der Waals surface area (Å²) < 4.78 is 27.2. The second-order valence-corrected chi connectivity index (χ2v) is 9.97. The number of aryl methyl sites for hydroxylation is 1. The number of nitrogens with one attached hydrogen (secondary N) is 2. The lowest BCUT2D eigenvalue weighted by molar-refractivity contribution is 0.580. The SMILES string of the molecule is CC(C)(C)c1ccc(CCS(=O)(=O)NCc2cc3ccccc3[nH]c2=O)cc1. The van der Waals surface area contributed by atoms with Crippen molar-refractivity contribution >= 4 is 20.9 Å². The summed E-state index contributed by atoms with van der Waals surface area (Å²) in [6.45, 7) is 6.41. The van der Waals surface area contributed by atoms with Crippen LogP contribution in [0.25, 0.3) is 10.9 Å². The second-order valence-electron chi connectivity index (χ2n) is 8.05. The number of pyridine rings is 1. The summed E-state index contributed by atoms with van der Waals surface area (Å²) in [6, 6.07) is 17.2. The van der Waals surface area contributed by atoms with E-state index in [-0.39, 0.29) is 23.3 Å². The Morgan fingerprint density at radius 1 is 1.00 bits per heavy atom. The smallest absolute Gasteiger partial charge is 0.252 e. The van der Waals surface area contributed by atoms with Crippen molar-refractivity contribution in [3.8, 4) is 0 Å². The lowest BCUT2D eigenvalue weighted by Gasteiger charge is -2.19. The molecule has 2 aromatic carbocycles. The molecule has 0 fully saturated rings. The molecular formula is C22H26N2O3S. The van der Waals surface area contributed by atoms with Gasteiger partial charge in [-0.05, 0) is 40.5 Å². The molecule has 0 aliphatic carbocycles. The van der Waals surface area contributed by atoms with Crippen LogP contribution in [0.5, 0.6) is 0 Å². The highest BCUT2D eigenvalue weighted by atomic mass is 32.2. The lowest BCUT2D eigenvalue weighted by Crippen LogP contribution is -2.29. The van der Waals surface area contributed by atoms with Gasteiger partial charge in [-0.25, -0.2) is 13.1 Å². The van der Waals surface area contributed by atoms with Crippen LogP contribution < -0.4 is 10.3 Å². The summed E-state index contributed by atoms with van der Waals surface area (Å²) in [5.41, 5.74) is 3.11. The van der Waals surface area contributed by atoms with Crippen molar-refractivity contribution in [2.45, 2.75) is 39.2 Å². The molecule has 3 aromatic rings. The molecule has 1 aromatic heterocycles. The Morgan fingerprint density at radius 3 is 2.36 bits per heavy atom. The molecule has 148 valence electrons. The van der Waals surface area contributed by atoms with Gasteiger partial charge in [-0.15, -0.1) is 0 Å². The minimum atomic E-state index is -3.49. The summed E-state index contributed by atoms with van der Waals surface area (Å²) in [7, 11) is -3.49. The Bertz CT molecular complexity index is 1120. The fourth-order valence-electron chi connectivity index (χ4n) is 3.01. The van der Waals surface area contributed by atoms with Crippen molar-refractivity contribution in [1.82, 2.24) is 9.71 Å². The number of sulfonamides is 1. The van der Waals surface area contributed by atoms with Gasteiger partial charge in [0.1, 0.15) is 0 Å². The predicted octanol–water partition coefficient (Wildman–Crippen LogP) is 3.49. The van der Waals surface area contributed by atoms with E-state index in [1.165, 1.54) is 5.56 Å². The van der Waals surface area contributed by atoms with Gasteiger partial charge < -0.3 is 4.98 Å². The first-order valence-electron chi connectivity index (χ1n) is 9.32. The third-order valence-electron chi connectivity index (χ3n) is 4.79. The maximum absolute atomic E-state index is 12.4. The fourth-order valence-corrected chi connectivity index (χ4v) is 4.03. The highest BCUT2D eigenvalue weighted by molar-refractivity contribution is 7.89. The number of fused-ring (bicyclic) bond motifs is 1. The van der Waals surface area contributed by atoms with Crippen LogP contribution >= 0.6 is 0 Å². The Hall–Kier alpha value is -2.44. The van der Waals surface area contributed by atoms with Crippen LogP contribution in [-0.2, 0) is 28.4 Å². The van der Waals surface area contributed by atoms with Gasteiger partial charge in [0, 0.05) is 17.6 Å². The van der Waals surface area contributed by atoms with Crippen LogP contribution in [0.4, 0.5) is 0 Å². The molecule has 0 amide bonds. The van der Waals surface area contributed by atoms with E-state index in [0.29, 0.717) is 12.0 Å². The van der Waals surface area contributed by atoms with Gasteiger partial charge in [-0.2, -0.15) is 0 Å². The first-order chi connectivity index (χ1) is 13.1. The van der Waals surface area contributed by atoms with Crippen molar-refractivity contribution in [3.05, 3.63) is 81.6 Å². The molecule has 1 heterocycles.